The summed E-state index contributed by atoms with van der Waals surface area (Å²) >= 11 is 0. The maximum absolute atomic E-state index is 9.49. The van der Waals surface area contributed by atoms with E-state index in [1.165, 1.54) is 0 Å². The zero-order valence-electron chi connectivity index (χ0n) is 6.58. The third-order valence-corrected chi connectivity index (χ3v) is 2.21. The zero-order valence-corrected chi connectivity index (χ0v) is 6.58. The van der Waals surface area contributed by atoms with Gasteiger partial charge in [0.15, 0.2) is 0 Å². The van der Waals surface area contributed by atoms with Crippen LogP contribution in [0.25, 0.3) is 0 Å². The Balaban J connectivity index is 2.40. The molecule has 0 unspecified atom stereocenters. The number of hydrogen-bond acceptors (Lipinski definition) is 3. The van der Waals surface area contributed by atoms with Crippen LogP contribution in [0.4, 0.5) is 0 Å². The molecular formula is C8H14N2O. The van der Waals surface area contributed by atoms with Gasteiger partial charge in [-0.25, -0.2) is 0 Å². The van der Waals surface area contributed by atoms with E-state index in [-0.39, 0.29) is 12.0 Å². The lowest BCUT2D eigenvalue weighted by molar-refractivity contribution is 0.107. The molecule has 0 spiro atoms. The van der Waals surface area contributed by atoms with Crippen molar-refractivity contribution in [2.24, 2.45) is 5.92 Å². The Bertz CT molecular complexity index is 153. The fourth-order valence-electron chi connectivity index (χ4n) is 1.45. The number of aliphatic hydroxyl groups excluding tert-OH is 1. The van der Waals surface area contributed by atoms with Crippen molar-refractivity contribution in [3.05, 3.63) is 0 Å². The molecule has 11 heavy (non-hydrogen) atoms. The molecular weight excluding hydrogens is 140 g/mol. The van der Waals surface area contributed by atoms with Gasteiger partial charge in [0.25, 0.3) is 0 Å². The van der Waals surface area contributed by atoms with Crippen LogP contribution in [0.2, 0.25) is 0 Å². The Morgan fingerprint density at radius 2 is 2.18 bits per heavy atom. The third-order valence-electron chi connectivity index (χ3n) is 2.21. The maximum Gasteiger partial charge on any atom is 0.0625 e. The Labute approximate surface area is 67.0 Å². The lowest BCUT2D eigenvalue weighted by atomic mass is 9.95. The molecule has 1 heterocycles. The highest BCUT2D eigenvalue weighted by atomic mass is 16.3. The summed E-state index contributed by atoms with van der Waals surface area (Å²) in [6.45, 7) is 1.81. The molecule has 0 bridgehead atoms. The van der Waals surface area contributed by atoms with Crippen LogP contribution < -0.4 is 5.32 Å². The molecule has 2 atom stereocenters. The number of nitrogens with zero attached hydrogens (tertiary/aromatic N) is 1. The number of nitrogens with one attached hydrogen (secondary N) is 1. The highest BCUT2D eigenvalue weighted by Gasteiger charge is 2.20. The second-order valence-corrected chi connectivity index (χ2v) is 3.02. The van der Waals surface area contributed by atoms with Gasteiger partial charge in [0.1, 0.15) is 0 Å². The molecule has 0 aromatic heterocycles. The minimum Gasteiger partial charge on any atom is -0.393 e. The van der Waals surface area contributed by atoms with Crippen molar-refractivity contribution in [1.82, 2.24) is 5.32 Å². The smallest absolute Gasteiger partial charge is 0.0625 e. The molecule has 0 aromatic rings. The summed E-state index contributed by atoms with van der Waals surface area (Å²) in [5, 5.41) is 21.1. The first-order valence-electron chi connectivity index (χ1n) is 4.10. The number of hydrogen-bond donors (Lipinski definition) is 2. The van der Waals surface area contributed by atoms with E-state index in [4.69, 9.17) is 5.26 Å². The molecule has 62 valence electrons. The number of rotatable bonds is 1. The molecule has 2 N–H and O–H groups in total. The fraction of sp³-hybridized carbons (Fsp3) is 0.875. The van der Waals surface area contributed by atoms with Gasteiger partial charge in [0.05, 0.1) is 12.2 Å². The van der Waals surface area contributed by atoms with Crippen LogP contribution in [-0.2, 0) is 0 Å². The molecule has 0 aliphatic carbocycles. The second-order valence-electron chi connectivity index (χ2n) is 3.02. The second kappa shape index (κ2) is 4.32. The van der Waals surface area contributed by atoms with E-state index in [1.807, 2.05) is 0 Å². The van der Waals surface area contributed by atoms with Crippen molar-refractivity contribution >= 4 is 0 Å². The maximum atomic E-state index is 9.49. The van der Waals surface area contributed by atoms with Crippen LogP contribution in [0.15, 0.2) is 0 Å². The molecule has 3 heteroatoms. The van der Waals surface area contributed by atoms with Gasteiger partial charge >= 0.3 is 0 Å². The standard InChI is InChI=1S/C8H14N2O/c9-4-1-7-2-5-10-6-3-8(7)11/h7-8,10-11H,1-3,5-6H2/t7-,8+/m0/s1. The van der Waals surface area contributed by atoms with E-state index < -0.39 is 0 Å². The van der Waals surface area contributed by atoms with Crippen molar-refractivity contribution < 1.29 is 5.11 Å². The van der Waals surface area contributed by atoms with Crippen LogP contribution >= 0.6 is 0 Å². The van der Waals surface area contributed by atoms with E-state index in [1.54, 1.807) is 0 Å². The van der Waals surface area contributed by atoms with Crippen molar-refractivity contribution in [3.8, 4) is 6.07 Å². The van der Waals surface area contributed by atoms with Gasteiger partial charge in [0.2, 0.25) is 0 Å². The Hall–Kier alpha value is -0.590. The van der Waals surface area contributed by atoms with E-state index in [0.29, 0.717) is 6.42 Å². The van der Waals surface area contributed by atoms with Gasteiger partial charge in [-0.3, -0.25) is 0 Å². The monoisotopic (exact) mass is 154 g/mol. The topological polar surface area (TPSA) is 56.0 Å². The van der Waals surface area contributed by atoms with Crippen LogP contribution in [0.5, 0.6) is 0 Å². The van der Waals surface area contributed by atoms with Gasteiger partial charge in [-0.2, -0.15) is 5.26 Å². The minimum atomic E-state index is -0.273. The molecule has 1 saturated heterocycles. The minimum absolute atomic E-state index is 0.190. The van der Waals surface area contributed by atoms with E-state index in [9.17, 15) is 5.11 Å². The van der Waals surface area contributed by atoms with Crippen LogP contribution in [0, 0.1) is 17.2 Å². The summed E-state index contributed by atoms with van der Waals surface area (Å²) in [6.07, 6.45) is 1.92. The summed E-state index contributed by atoms with van der Waals surface area (Å²) in [6, 6.07) is 2.11. The predicted molar refractivity (Wildman–Crippen MR) is 41.8 cm³/mol. The first-order chi connectivity index (χ1) is 5.34. The van der Waals surface area contributed by atoms with Crippen molar-refractivity contribution in [2.75, 3.05) is 13.1 Å². The van der Waals surface area contributed by atoms with E-state index in [0.717, 1.165) is 25.9 Å². The summed E-state index contributed by atoms with van der Waals surface area (Å²) in [5.74, 6) is 0.190. The zero-order chi connectivity index (χ0) is 8.10. The van der Waals surface area contributed by atoms with E-state index >= 15 is 0 Å². The molecule has 1 aliphatic rings. The molecule has 3 nitrogen and oxygen atoms in total. The Morgan fingerprint density at radius 1 is 1.45 bits per heavy atom. The van der Waals surface area contributed by atoms with E-state index in [2.05, 4.69) is 11.4 Å². The highest BCUT2D eigenvalue weighted by Crippen LogP contribution is 2.17. The SMILES string of the molecule is N#CC[C@H]1CCNCC[C@H]1O. The summed E-state index contributed by atoms with van der Waals surface area (Å²) in [5.41, 5.74) is 0. The van der Waals surface area contributed by atoms with Gasteiger partial charge in [-0.1, -0.05) is 0 Å². The molecule has 0 aromatic carbocycles. The quantitative estimate of drug-likeness (QED) is 0.569. The average Bonchev–Trinajstić information content (AvgIpc) is 2.18. The van der Waals surface area contributed by atoms with Crippen LogP contribution in [0.1, 0.15) is 19.3 Å². The summed E-state index contributed by atoms with van der Waals surface area (Å²) in [7, 11) is 0. The average molecular weight is 154 g/mol. The van der Waals surface area contributed by atoms with Crippen molar-refractivity contribution in [2.45, 2.75) is 25.4 Å². The normalized spacial score (nSPS) is 32.4. The molecule has 1 fully saturated rings. The molecule has 0 saturated carbocycles. The van der Waals surface area contributed by atoms with Gasteiger partial charge < -0.3 is 10.4 Å². The Kier molecular flexibility index (Phi) is 3.34. The van der Waals surface area contributed by atoms with Crippen molar-refractivity contribution in [3.63, 3.8) is 0 Å². The van der Waals surface area contributed by atoms with Crippen LogP contribution in [0.3, 0.4) is 0 Å². The largest absolute Gasteiger partial charge is 0.393 e. The van der Waals surface area contributed by atoms with Crippen molar-refractivity contribution in [1.29, 1.82) is 5.26 Å². The molecule has 0 amide bonds. The predicted octanol–water partition coefficient (Wildman–Crippen LogP) is 0.261. The van der Waals surface area contributed by atoms with Gasteiger partial charge in [-0.05, 0) is 31.8 Å². The first kappa shape index (κ1) is 8.51. The molecule has 0 radical (unpaired) electrons. The molecule has 1 rings (SSSR count). The Morgan fingerprint density at radius 3 is 2.91 bits per heavy atom. The summed E-state index contributed by atoms with van der Waals surface area (Å²) in [4.78, 5) is 0. The summed E-state index contributed by atoms with van der Waals surface area (Å²) < 4.78 is 0. The number of nitriles is 1. The highest BCUT2D eigenvalue weighted by molar-refractivity contribution is 4.83. The molecule has 1 aliphatic heterocycles. The first-order valence-corrected chi connectivity index (χ1v) is 4.10. The third kappa shape index (κ3) is 2.49. The lowest BCUT2D eigenvalue weighted by Crippen LogP contribution is -2.19. The van der Waals surface area contributed by atoms with Crippen LogP contribution in [-0.4, -0.2) is 24.3 Å². The number of aliphatic hydroxyl groups is 1. The van der Waals surface area contributed by atoms with Gasteiger partial charge in [-0.15, -0.1) is 0 Å². The lowest BCUT2D eigenvalue weighted by Gasteiger charge is -2.15. The van der Waals surface area contributed by atoms with Gasteiger partial charge in [0, 0.05) is 6.42 Å². The fourth-order valence-corrected chi connectivity index (χ4v) is 1.45.